The first kappa shape index (κ1) is 15.6. The Morgan fingerprint density at radius 2 is 2.29 bits per heavy atom. The van der Waals surface area contributed by atoms with E-state index in [-0.39, 0.29) is 12.5 Å². The van der Waals surface area contributed by atoms with Crippen molar-refractivity contribution in [1.29, 1.82) is 5.26 Å². The third kappa shape index (κ3) is 3.45. The van der Waals surface area contributed by atoms with Crippen molar-refractivity contribution >= 4 is 12.0 Å². The Balaban J connectivity index is 2.05. The molecule has 1 aliphatic heterocycles. The minimum Gasteiger partial charge on any atom is -0.480 e. The van der Waals surface area contributed by atoms with Gasteiger partial charge in [0.1, 0.15) is 5.54 Å². The summed E-state index contributed by atoms with van der Waals surface area (Å²) in [5, 5.41) is 21.1. The van der Waals surface area contributed by atoms with Crippen molar-refractivity contribution in [2.75, 3.05) is 19.7 Å². The van der Waals surface area contributed by atoms with Crippen molar-refractivity contribution in [3.8, 4) is 6.07 Å². The van der Waals surface area contributed by atoms with E-state index in [0.717, 1.165) is 12.8 Å². The second-order valence-corrected chi connectivity index (χ2v) is 5.95. The van der Waals surface area contributed by atoms with Gasteiger partial charge in [0, 0.05) is 6.54 Å². The van der Waals surface area contributed by atoms with Crippen LogP contribution in [-0.2, 0) is 9.53 Å². The molecule has 1 saturated heterocycles. The largest absolute Gasteiger partial charge is 0.480 e. The van der Waals surface area contributed by atoms with Gasteiger partial charge >= 0.3 is 12.0 Å². The molecule has 7 nitrogen and oxygen atoms in total. The van der Waals surface area contributed by atoms with Gasteiger partial charge in [-0.2, -0.15) is 5.26 Å². The summed E-state index contributed by atoms with van der Waals surface area (Å²) >= 11 is 0. The predicted molar refractivity (Wildman–Crippen MR) is 73.5 cm³/mol. The number of carbonyl (C=O) groups is 2. The van der Waals surface area contributed by atoms with E-state index >= 15 is 0 Å². The number of nitriles is 1. The van der Waals surface area contributed by atoms with Gasteiger partial charge in [0.25, 0.3) is 0 Å². The maximum absolute atomic E-state index is 12.3. The zero-order chi connectivity index (χ0) is 15.5. The Hall–Kier alpha value is -1.81. The van der Waals surface area contributed by atoms with E-state index in [1.165, 1.54) is 4.90 Å². The number of urea groups is 1. The molecule has 0 aromatic carbocycles. The molecule has 0 spiro atoms. The smallest absolute Gasteiger partial charge is 0.329 e. The molecule has 116 valence electrons. The number of nitrogens with zero attached hydrogens (tertiary/aromatic N) is 2. The van der Waals surface area contributed by atoms with E-state index in [0.29, 0.717) is 26.0 Å². The molecule has 21 heavy (non-hydrogen) atoms. The maximum atomic E-state index is 12.3. The lowest BCUT2D eigenvalue weighted by Gasteiger charge is -2.39. The summed E-state index contributed by atoms with van der Waals surface area (Å²) in [6.07, 6.45) is 2.02. The molecule has 3 atom stereocenters. The molecule has 2 fully saturated rings. The molecule has 0 bridgehead atoms. The highest BCUT2D eigenvalue weighted by Crippen LogP contribution is 2.32. The molecular weight excluding hydrogens is 274 g/mol. The van der Waals surface area contributed by atoms with Crippen LogP contribution < -0.4 is 5.32 Å². The van der Waals surface area contributed by atoms with E-state index < -0.39 is 23.6 Å². The van der Waals surface area contributed by atoms with Crippen LogP contribution in [-0.4, -0.2) is 53.3 Å². The molecule has 0 radical (unpaired) electrons. The first-order chi connectivity index (χ1) is 9.97. The number of morpholine rings is 1. The molecule has 2 amide bonds. The molecule has 2 rings (SSSR count). The number of aliphatic carboxylic acids is 1. The van der Waals surface area contributed by atoms with E-state index in [2.05, 4.69) is 5.32 Å². The van der Waals surface area contributed by atoms with Crippen LogP contribution in [0.2, 0.25) is 0 Å². The number of carboxylic acid groups (broad SMARTS) is 1. The molecule has 0 aromatic rings. The minimum absolute atomic E-state index is 0.174. The van der Waals surface area contributed by atoms with Crippen LogP contribution in [0, 0.1) is 17.2 Å². The van der Waals surface area contributed by atoms with Gasteiger partial charge in [0.15, 0.2) is 6.10 Å². The highest BCUT2D eigenvalue weighted by atomic mass is 16.5. The van der Waals surface area contributed by atoms with Crippen molar-refractivity contribution < 1.29 is 19.4 Å². The van der Waals surface area contributed by atoms with Crippen LogP contribution in [0.1, 0.15) is 32.6 Å². The van der Waals surface area contributed by atoms with E-state index in [1.807, 2.05) is 13.0 Å². The first-order valence-corrected chi connectivity index (χ1v) is 7.28. The van der Waals surface area contributed by atoms with Gasteiger partial charge < -0.3 is 20.1 Å². The second kappa shape index (κ2) is 6.31. The Kier molecular flexibility index (Phi) is 4.68. The van der Waals surface area contributed by atoms with Crippen molar-refractivity contribution in [3.63, 3.8) is 0 Å². The Morgan fingerprint density at radius 1 is 1.52 bits per heavy atom. The number of ether oxygens (including phenoxy) is 1. The quantitative estimate of drug-likeness (QED) is 0.789. The fourth-order valence-corrected chi connectivity index (χ4v) is 3.11. The van der Waals surface area contributed by atoms with E-state index in [4.69, 9.17) is 10.00 Å². The van der Waals surface area contributed by atoms with Gasteiger partial charge in [-0.3, -0.25) is 0 Å². The lowest BCUT2D eigenvalue weighted by Crippen LogP contribution is -2.61. The first-order valence-electron chi connectivity index (χ1n) is 7.28. The van der Waals surface area contributed by atoms with Gasteiger partial charge in [-0.25, -0.2) is 9.59 Å². The van der Waals surface area contributed by atoms with Crippen molar-refractivity contribution in [1.82, 2.24) is 10.2 Å². The highest BCUT2D eigenvalue weighted by Gasteiger charge is 2.44. The maximum Gasteiger partial charge on any atom is 0.329 e. The molecule has 1 saturated carbocycles. The SMILES string of the molecule is CC1CCCC(NC(=O)N2CCOC(C#N)C2)(C(=O)O)C1. The molecule has 0 aromatic heterocycles. The monoisotopic (exact) mass is 295 g/mol. The third-order valence-electron chi connectivity index (χ3n) is 4.25. The fraction of sp³-hybridized carbons (Fsp3) is 0.786. The topological polar surface area (TPSA) is 103 Å². The number of nitrogens with one attached hydrogen (secondary N) is 1. The standard InChI is InChI=1S/C14H21N3O4/c1-10-3-2-4-14(7-10,12(18)19)16-13(20)17-5-6-21-11(8-15)9-17/h10-11H,2-7,9H2,1H3,(H,16,20)(H,18,19). The van der Waals surface area contributed by atoms with Crippen LogP contribution in [0.15, 0.2) is 0 Å². The molecule has 3 unspecified atom stereocenters. The summed E-state index contributed by atoms with van der Waals surface area (Å²) in [4.78, 5) is 25.4. The third-order valence-corrected chi connectivity index (χ3v) is 4.25. The molecular formula is C14H21N3O4. The van der Waals surface area contributed by atoms with Gasteiger partial charge in [-0.05, 0) is 18.8 Å². The lowest BCUT2D eigenvalue weighted by atomic mass is 9.76. The van der Waals surface area contributed by atoms with E-state index in [1.54, 1.807) is 0 Å². The summed E-state index contributed by atoms with van der Waals surface area (Å²) in [6, 6.07) is 1.55. The molecule has 2 aliphatic rings. The zero-order valence-corrected chi connectivity index (χ0v) is 12.2. The Morgan fingerprint density at radius 3 is 2.90 bits per heavy atom. The normalized spacial score (nSPS) is 33.0. The summed E-state index contributed by atoms with van der Waals surface area (Å²) in [5.41, 5.74) is -1.19. The lowest BCUT2D eigenvalue weighted by molar-refractivity contribution is -0.146. The van der Waals surface area contributed by atoms with Gasteiger partial charge in [0.05, 0.1) is 19.2 Å². The second-order valence-electron chi connectivity index (χ2n) is 5.95. The Bertz CT molecular complexity index is 462. The van der Waals surface area contributed by atoms with Gasteiger partial charge in [0.2, 0.25) is 0 Å². The summed E-state index contributed by atoms with van der Waals surface area (Å²) in [7, 11) is 0. The fourth-order valence-electron chi connectivity index (χ4n) is 3.11. The minimum atomic E-state index is -1.19. The summed E-state index contributed by atoms with van der Waals surface area (Å²) in [5.74, 6) is -0.709. The number of carbonyl (C=O) groups excluding carboxylic acids is 1. The zero-order valence-electron chi connectivity index (χ0n) is 12.2. The van der Waals surface area contributed by atoms with Crippen LogP contribution in [0.25, 0.3) is 0 Å². The van der Waals surface area contributed by atoms with Crippen LogP contribution in [0.3, 0.4) is 0 Å². The van der Waals surface area contributed by atoms with Gasteiger partial charge in [-0.15, -0.1) is 0 Å². The summed E-state index contributed by atoms with van der Waals surface area (Å²) in [6.45, 7) is 2.84. The summed E-state index contributed by atoms with van der Waals surface area (Å²) < 4.78 is 5.19. The van der Waals surface area contributed by atoms with Crippen LogP contribution >= 0.6 is 0 Å². The van der Waals surface area contributed by atoms with Crippen molar-refractivity contribution in [3.05, 3.63) is 0 Å². The van der Waals surface area contributed by atoms with Crippen molar-refractivity contribution in [2.24, 2.45) is 5.92 Å². The number of hydrogen-bond acceptors (Lipinski definition) is 4. The Labute approximate surface area is 123 Å². The molecule has 1 aliphatic carbocycles. The van der Waals surface area contributed by atoms with Gasteiger partial charge in [-0.1, -0.05) is 19.8 Å². The van der Waals surface area contributed by atoms with E-state index in [9.17, 15) is 14.7 Å². The predicted octanol–water partition coefficient (Wildman–Crippen LogP) is 0.954. The molecule has 1 heterocycles. The number of carboxylic acids is 1. The number of amides is 2. The van der Waals surface area contributed by atoms with Crippen LogP contribution in [0.5, 0.6) is 0 Å². The average Bonchev–Trinajstić information content (AvgIpc) is 2.47. The number of rotatable bonds is 2. The molecule has 7 heteroatoms. The van der Waals surface area contributed by atoms with Crippen LogP contribution in [0.4, 0.5) is 4.79 Å². The average molecular weight is 295 g/mol. The number of hydrogen-bond donors (Lipinski definition) is 2. The highest BCUT2D eigenvalue weighted by molar-refractivity contribution is 5.86. The van der Waals surface area contributed by atoms with Crippen molar-refractivity contribution in [2.45, 2.75) is 44.2 Å². The molecule has 2 N–H and O–H groups in total.